The number of rotatable bonds is 12. The Morgan fingerprint density at radius 2 is 1.45 bits per heavy atom. The summed E-state index contributed by atoms with van der Waals surface area (Å²) >= 11 is 0. The van der Waals surface area contributed by atoms with E-state index in [0.717, 1.165) is 16.0 Å². The number of carbonyl (C=O) groups excluding carboxylic acids is 4. The zero-order valence-corrected chi connectivity index (χ0v) is 26.7. The minimum atomic E-state index is -1.26. The van der Waals surface area contributed by atoms with Crippen LogP contribution in [0, 0.1) is 6.92 Å². The van der Waals surface area contributed by atoms with Crippen LogP contribution in [0.25, 0.3) is 0 Å². The molecule has 0 saturated carbocycles. The van der Waals surface area contributed by atoms with Gasteiger partial charge >= 0.3 is 0 Å². The first kappa shape index (κ1) is 32.6. The van der Waals surface area contributed by atoms with Crippen molar-refractivity contribution in [3.63, 3.8) is 0 Å². The largest absolute Gasteiger partial charge is 0.497 e. The summed E-state index contributed by atoms with van der Waals surface area (Å²) in [6.45, 7) is 1.42. The number of nitrogens with zero attached hydrogens (tertiary/aromatic N) is 2. The molecule has 11 heteroatoms. The van der Waals surface area contributed by atoms with Crippen LogP contribution in [0.15, 0.2) is 84.9 Å². The third kappa shape index (κ3) is 6.60. The second-order valence-corrected chi connectivity index (χ2v) is 10.8. The van der Waals surface area contributed by atoms with Gasteiger partial charge in [0.15, 0.2) is 11.5 Å². The highest BCUT2D eigenvalue weighted by atomic mass is 16.5. The van der Waals surface area contributed by atoms with Gasteiger partial charge in [-0.2, -0.15) is 0 Å². The van der Waals surface area contributed by atoms with Crippen LogP contribution in [0.4, 0.5) is 11.4 Å². The van der Waals surface area contributed by atoms with Crippen LogP contribution in [0.1, 0.15) is 33.1 Å². The molecule has 3 amide bonds. The molecule has 1 N–H and O–H groups in total. The molecule has 1 aliphatic heterocycles. The van der Waals surface area contributed by atoms with Crippen LogP contribution in [-0.4, -0.2) is 63.4 Å². The lowest BCUT2D eigenvalue weighted by Gasteiger charge is -2.33. The lowest BCUT2D eigenvalue weighted by atomic mass is 10.00. The average molecular weight is 638 g/mol. The maximum absolute atomic E-state index is 14.5. The van der Waals surface area contributed by atoms with E-state index in [2.05, 4.69) is 5.32 Å². The van der Waals surface area contributed by atoms with Crippen molar-refractivity contribution in [2.45, 2.75) is 19.5 Å². The standard InChI is InChI=1S/C36H35N3O8/c1-22-10-6-7-11-23(22)20-39(31(40)21-38-28-13-9-8-12-27(28)33(41)36(38)43)32(35(42)37-25-14-16-26(44-2)17-15-25)24-18-29(45-3)34(47-5)30(19-24)46-4/h6-19,32H,20-21H2,1-5H3,(H,37,42). The molecular formula is C36H35N3O8. The van der Waals surface area contributed by atoms with Crippen molar-refractivity contribution in [1.29, 1.82) is 0 Å². The molecule has 0 spiro atoms. The zero-order valence-electron chi connectivity index (χ0n) is 26.7. The molecule has 0 saturated heterocycles. The molecule has 1 heterocycles. The molecule has 0 radical (unpaired) electrons. The van der Waals surface area contributed by atoms with E-state index in [-0.39, 0.29) is 23.6 Å². The highest BCUT2D eigenvalue weighted by Gasteiger charge is 2.40. The van der Waals surface area contributed by atoms with Gasteiger partial charge in [0, 0.05) is 12.2 Å². The molecule has 47 heavy (non-hydrogen) atoms. The Morgan fingerprint density at radius 1 is 0.809 bits per heavy atom. The number of ether oxygens (including phenoxy) is 4. The van der Waals surface area contributed by atoms with E-state index < -0.39 is 36.1 Å². The number of para-hydroxylation sites is 1. The Hall–Kier alpha value is -5.84. The van der Waals surface area contributed by atoms with Gasteiger partial charge in [0.05, 0.1) is 39.7 Å². The number of aryl methyl sites for hydroxylation is 1. The number of anilines is 2. The van der Waals surface area contributed by atoms with Crippen LogP contribution in [0.3, 0.4) is 0 Å². The number of benzene rings is 4. The monoisotopic (exact) mass is 637 g/mol. The third-order valence-corrected chi connectivity index (χ3v) is 8.01. The van der Waals surface area contributed by atoms with Gasteiger partial charge in [-0.1, -0.05) is 36.4 Å². The van der Waals surface area contributed by atoms with E-state index in [1.807, 2.05) is 31.2 Å². The SMILES string of the molecule is COc1ccc(NC(=O)C(c2cc(OC)c(OC)c(OC)c2)N(Cc2ccccc2C)C(=O)CN2C(=O)C(=O)c3ccccc32)cc1. The van der Waals surface area contributed by atoms with Crippen LogP contribution in [0.2, 0.25) is 0 Å². The minimum Gasteiger partial charge on any atom is -0.497 e. The van der Waals surface area contributed by atoms with Crippen molar-refractivity contribution in [3.05, 3.63) is 107 Å². The molecule has 242 valence electrons. The first-order valence-corrected chi connectivity index (χ1v) is 14.7. The van der Waals surface area contributed by atoms with E-state index in [0.29, 0.717) is 28.4 Å². The summed E-state index contributed by atoms with van der Waals surface area (Å²) in [6.07, 6.45) is 0. The van der Waals surface area contributed by atoms with Crippen LogP contribution < -0.4 is 29.2 Å². The summed E-state index contributed by atoms with van der Waals surface area (Å²) in [5.41, 5.74) is 3.04. The fraction of sp³-hybridized carbons (Fsp3) is 0.222. The maximum Gasteiger partial charge on any atom is 0.299 e. The Kier molecular flexibility index (Phi) is 9.74. The molecule has 0 bridgehead atoms. The first-order valence-electron chi connectivity index (χ1n) is 14.7. The van der Waals surface area contributed by atoms with E-state index in [1.165, 1.54) is 26.2 Å². The van der Waals surface area contributed by atoms with Gasteiger partial charge in [0.2, 0.25) is 11.7 Å². The summed E-state index contributed by atoms with van der Waals surface area (Å²) in [4.78, 5) is 57.3. The van der Waals surface area contributed by atoms with E-state index in [4.69, 9.17) is 18.9 Å². The number of ketones is 1. The second-order valence-electron chi connectivity index (χ2n) is 10.8. The average Bonchev–Trinajstić information content (AvgIpc) is 3.33. The number of nitrogens with one attached hydrogen (secondary N) is 1. The number of amides is 3. The molecule has 1 unspecified atom stereocenters. The van der Waals surface area contributed by atoms with Gasteiger partial charge in [-0.15, -0.1) is 0 Å². The lowest BCUT2D eigenvalue weighted by Crippen LogP contribution is -2.46. The Labute approximate surface area is 272 Å². The number of Topliss-reactive ketones (excluding diaryl/α,β-unsaturated/α-hetero) is 1. The van der Waals surface area contributed by atoms with Crippen molar-refractivity contribution in [1.82, 2.24) is 4.90 Å². The molecule has 11 nitrogen and oxygen atoms in total. The first-order chi connectivity index (χ1) is 22.7. The maximum atomic E-state index is 14.5. The molecule has 4 aromatic rings. The van der Waals surface area contributed by atoms with Gasteiger partial charge in [-0.3, -0.25) is 24.1 Å². The molecule has 0 fully saturated rings. The highest BCUT2D eigenvalue weighted by Crippen LogP contribution is 2.41. The number of hydrogen-bond acceptors (Lipinski definition) is 8. The molecule has 0 aliphatic carbocycles. The van der Waals surface area contributed by atoms with Crippen molar-refractivity contribution in [2.24, 2.45) is 0 Å². The molecule has 1 atom stereocenters. The van der Waals surface area contributed by atoms with Crippen molar-refractivity contribution >= 4 is 34.9 Å². The van der Waals surface area contributed by atoms with Gasteiger partial charge < -0.3 is 29.2 Å². The Morgan fingerprint density at radius 3 is 2.06 bits per heavy atom. The van der Waals surface area contributed by atoms with E-state index in [9.17, 15) is 19.2 Å². The zero-order chi connectivity index (χ0) is 33.7. The number of methoxy groups -OCH3 is 4. The highest BCUT2D eigenvalue weighted by molar-refractivity contribution is 6.52. The van der Waals surface area contributed by atoms with E-state index in [1.54, 1.807) is 67.8 Å². The smallest absolute Gasteiger partial charge is 0.299 e. The second kappa shape index (κ2) is 14.1. The van der Waals surface area contributed by atoms with Crippen molar-refractivity contribution in [3.8, 4) is 23.0 Å². The predicted octanol–water partition coefficient (Wildman–Crippen LogP) is 4.97. The van der Waals surface area contributed by atoms with Crippen molar-refractivity contribution in [2.75, 3.05) is 45.2 Å². The van der Waals surface area contributed by atoms with Crippen LogP contribution in [0.5, 0.6) is 23.0 Å². The number of carbonyl (C=O) groups is 4. The predicted molar refractivity (Wildman–Crippen MR) is 175 cm³/mol. The third-order valence-electron chi connectivity index (χ3n) is 8.01. The lowest BCUT2D eigenvalue weighted by molar-refractivity contribution is -0.139. The van der Waals surface area contributed by atoms with Gasteiger partial charge in [-0.05, 0) is 72.1 Å². The summed E-state index contributed by atoms with van der Waals surface area (Å²) in [7, 11) is 5.92. The molecule has 0 aromatic heterocycles. The topological polar surface area (TPSA) is 124 Å². The normalized spacial score (nSPS) is 12.7. The van der Waals surface area contributed by atoms with Crippen LogP contribution in [-0.2, 0) is 20.9 Å². The Balaban J connectivity index is 1.64. The number of fused-ring (bicyclic) bond motifs is 1. The van der Waals surface area contributed by atoms with E-state index >= 15 is 0 Å². The number of hydrogen-bond donors (Lipinski definition) is 1. The molecule has 5 rings (SSSR count). The molecule has 4 aromatic carbocycles. The fourth-order valence-corrected chi connectivity index (χ4v) is 5.54. The summed E-state index contributed by atoms with van der Waals surface area (Å²) < 4.78 is 22.0. The van der Waals surface area contributed by atoms with Gasteiger partial charge in [-0.25, -0.2) is 0 Å². The Bertz CT molecular complexity index is 1800. The quantitative estimate of drug-likeness (QED) is 0.216. The van der Waals surface area contributed by atoms with Gasteiger partial charge in [0.1, 0.15) is 18.3 Å². The minimum absolute atomic E-state index is 0.000486. The molecular weight excluding hydrogens is 602 g/mol. The summed E-state index contributed by atoms with van der Waals surface area (Å²) in [5, 5.41) is 2.92. The fourth-order valence-electron chi connectivity index (χ4n) is 5.54. The molecule has 1 aliphatic rings. The van der Waals surface area contributed by atoms with Crippen molar-refractivity contribution < 1.29 is 38.1 Å². The van der Waals surface area contributed by atoms with Gasteiger partial charge in [0.25, 0.3) is 17.6 Å². The summed E-state index contributed by atoms with van der Waals surface area (Å²) in [6, 6.07) is 22.7. The van der Waals surface area contributed by atoms with Crippen LogP contribution >= 0.6 is 0 Å². The summed E-state index contributed by atoms with van der Waals surface area (Å²) in [5.74, 6) is -1.17.